The van der Waals surface area contributed by atoms with Crippen LogP contribution in [0.1, 0.15) is 32.3 Å². The van der Waals surface area contributed by atoms with Gasteiger partial charge in [0.15, 0.2) is 0 Å². The standard InChI is InChI=1S/C28H27F2N3O2/c1-16-22-21(15-20(29)23(24(22)30)19-12-8-9-17-13-14-31-25(17)19)32-28(2,3)26(16)35-27(34)33(4)18-10-6-5-7-11-18/h5-16,26,31-32H,1-4H3. The normalized spacial score (nSPS) is 18.6. The summed E-state index contributed by atoms with van der Waals surface area (Å²) >= 11 is 0. The van der Waals surface area contributed by atoms with Gasteiger partial charge in [-0.3, -0.25) is 4.90 Å². The van der Waals surface area contributed by atoms with Crippen molar-refractivity contribution in [2.75, 3.05) is 17.3 Å². The van der Waals surface area contributed by atoms with E-state index < -0.39 is 35.3 Å². The van der Waals surface area contributed by atoms with Crippen molar-refractivity contribution >= 4 is 28.4 Å². The molecular weight excluding hydrogens is 448 g/mol. The molecule has 0 spiro atoms. The molecule has 0 radical (unpaired) electrons. The molecule has 3 aromatic carbocycles. The van der Waals surface area contributed by atoms with E-state index in [0.29, 0.717) is 28.0 Å². The lowest BCUT2D eigenvalue weighted by Gasteiger charge is -2.44. The minimum Gasteiger partial charge on any atom is -0.443 e. The van der Waals surface area contributed by atoms with Crippen LogP contribution in [0.2, 0.25) is 0 Å². The molecule has 7 heteroatoms. The van der Waals surface area contributed by atoms with Gasteiger partial charge in [-0.1, -0.05) is 43.3 Å². The number of nitrogens with zero attached hydrogens (tertiary/aromatic N) is 1. The minimum absolute atomic E-state index is 0.100. The zero-order valence-corrected chi connectivity index (χ0v) is 20.0. The Kier molecular flexibility index (Phi) is 5.50. The number of hydrogen-bond acceptors (Lipinski definition) is 3. The second kappa shape index (κ2) is 8.41. The highest BCUT2D eigenvalue weighted by molar-refractivity contribution is 5.95. The van der Waals surface area contributed by atoms with Gasteiger partial charge in [-0.15, -0.1) is 0 Å². The summed E-state index contributed by atoms with van der Waals surface area (Å²) in [5.41, 5.74) is 1.58. The predicted molar refractivity (Wildman–Crippen MR) is 135 cm³/mol. The molecule has 0 saturated carbocycles. The number of rotatable bonds is 3. The van der Waals surface area contributed by atoms with Crippen LogP contribution in [0.4, 0.5) is 25.0 Å². The SMILES string of the molecule is CC1c2c(cc(F)c(-c3cccc4cc[nH]c34)c2F)NC(C)(C)C1OC(=O)N(C)c1ccccc1. The average molecular weight is 476 g/mol. The molecule has 1 aromatic heterocycles. The first-order valence-corrected chi connectivity index (χ1v) is 11.5. The van der Waals surface area contributed by atoms with Crippen molar-refractivity contribution in [3.05, 3.63) is 84.1 Å². The van der Waals surface area contributed by atoms with E-state index in [1.54, 1.807) is 37.5 Å². The zero-order chi connectivity index (χ0) is 24.9. The van der Waals surface area contributed by atoms with Crippen molar-refractivity contribution in [1.29, 1.82) is 0 Å². The lowest BCUT2D eigenvalue weighted by Crippen LogP contribution is -2.53. The van der Waals surface area contributed by atoms with Crippen molar-refractivity contribution in [3.8, 4) is 11.1 Å². The second-order valence-corrected chi connectivity index (χ2v) is 9.59. The van der Waals surface area contributed by atoms with Gasteiger partial charge in [0, 0.05) is 41.7 Å². The van der Waals surface area contributed by atoms with E-state index in [1.807, 2.05) is 51.1 Å². The maximum Gasteiger partial charge on any atom is 0.414 e. The number of nitrogens with one attached hydrogen (secondary N) is 2. The van der Waals surface area contributed by atoms with Gasteiger partial charge in [0.1, 0.15) is 17.7 Å². The largest absolute Gasteiger partial charge is 0.443 e. The first kappa shape index (κ1) is 22.9. The van der Waals surface area contributed by atoms with Gasteiger partial charge < -0.3 is 15.0 Å². The average Bonchev–Trinajstić information content (AvgIpc) is 3.31. The Morgan fingerprint density at radius 1 is 1.06 bits per heavy atom. The molecule has 180 valence electrons. The minimum atomic E-state index is -0.764. The topological polar surface area (TPSA) is 57.4 Å². The number of carbonyl (C=O) groups excluding carboxylic acids is 1. The lowest BCUT2D eigenvalue weighted by atomic mass is 9.77. The number of benzene rings is 3. The summed E-state index contributed by atoms with van der Waals surface area (Å²) < 4.78 is 37.4. The van der Waals surface area contributed by atoms with E-state index in [9.17, 15) is 4.79 Å². The summed E-state index contributed by atoms with van der Waals surface area (Å²) in [7, 11) is 1.63. The second-order valence-electron chi connectivity index (χ2n) is 9.59. The Bertz CT molecular complexity index is 1410. The number of halogens is 2. The molecule has 35 heavy (non-hydrogen) atoms. The molecule has 1 aliphatic heterocycles. The molecule has 0 aliphatic carbocycles. The number of carbonyl (C=O) groups is 1. The van der Waals surface area contributed by atoms with Crippen molar-refractivity contribution in [3.63, 3.8) is 0 Å². The van der Waals surface area contributed by atoms with Crippen molar-refractivity contribution in [2.24, 2.45) is 0 Å². The molecule has 0 saturated heterocycles. The third kappa shape index (κ3) is 3.81. The molecule has 4 aromatic rings. The summed E-state index contributed by atoms with van der Waals surface area (Å²) in [4.78, 5) is 17.5. The molecule has 2 N–H and O–H groups in total. The van der Waals surface area contributed by atoms with Crippen molar-refractivity contribution in [1.82, 2.24) is 4.98 Å². The van der Waals surface area contributed by atoms with Gasteiger partial charge in [0.05, 0.1) is 16.6 Å². The molecule has 2 atom stereocenters. The van der Waals surface area contributed by atoms with Crippen LogP contribution < -0.4 is 10.2 Å². The molecule has 2 heterocycles. The van der Waals surface area contributed by atoms with E-state index in [1.165, 1.54) is 11.0 Å². The highest BCUT2D eigenvalue weighted by atomic mass is 19.1. The Balaban J connectivity index is 1.55. The Morgan fingerprint density at radius 3 is 2.54 bits per heavy atom. The van der Waals surface area contributed by atoms with Crippen LogP contribution >= 0.6 is 0 Å². The third-order valence-electron chi connectivity index (χ3n) is 6.84. The van der Waals surface area contributed by atoms with Crippen LogP contribution in [0.3, 0.4) is 0 Å². The van der Waals surface area contributed by atoms with E-state index in [2.05, 4.69) is 10.3 Å². The fourth-order valence-corrected chi connectivity index (χ4v) is 5.11. The molecule has 2 unspecified atom stereocenters. The number of aromatic amines is 1. The summed E-state index contributed by atoms with van der Waals surface area (Å²) in [6, 6.07) is 17.7. The summed E-state index contributed by atoms with van der Waals surface area (Å²) in [5, 5.41) is 4.07. The number of amides is 1. The summed E-state index contributed by atoms with van der Waals surface area (Å²) in [6.07, 6.45) is 0.487. The van der Waals surface area contributed by atoms with Gasteiger partial charge >= 0.3 is 6.09 Å². The van der Waals surface area contributed by atoms with Gasteiger partial charge in [-0.25, -0.2) is 13.6 Å². The molecule has 1 aliphatic rings. The first-order chi connectivity index (χ1) is 16.7. The van der Waals surface area contributed by atoms with E-state index in [0.717, 1.165) is 5.39 Å². The monoisotopic (exact) mass is 475 g/mol. The highest BCUT2D eigenvalue weighted by Crippen LogP contribution is 2.46. The quantitative estimate of drug-likeness (QED) is 0.333. The number of anilines is 2. The fourth-order valence-electron chi connectivity index (χ4n) is 5.11. The van der Waals surface area contributed by atoms with Crippen molar-refractivity contribution < 1.29 is 18.3 Å². The number of fused-ring (bicyclic) bond motifs is 2. The van der Waals surface area contributed by atoms with Crippen molar-refractivity contribution in [2.45, 2.75) is 38.3 Å². The Labute approximate surface area is 202 Å². The molecule has 1 amide bonds. The molecule has 0 bridgehead atoms. The van der Waals surface area contributed by atoms with E-state index >= 15 is 8.78 Å². The van der Waals surface area contributed by atoms with Crippen LogP contribution in [-0.4, -0.2) is 29.8 Å². The van der Waals surface area contributed by atoms with Gasteiger partial charge in [0.2, 0.25) is 0 Å². The number of hydrogen-bond donors (Lipinski definition) is 2. The van der Waals surface area contributed by atoms with Crippen LogP contribution in [0.15, 0.2) is 66.9 Å². The number of H-pyrrole nitrogens is 1. The molecular formula is C28H27F2N3O2. The third-order valence-corrected chi connectivity index (χ3v) is 6.84. The predicted octanol–water partition coefficient (Wildman–Crippen LogP) is 7.06. The smallest absolute Gasteiger partial charge is 0.414 e. The summed E-state index contributed by atoms with van der Waals surface area (Å²) in [6.45, 7) is 5.52. The van der Waals surface area contributed by atoms with Crippen LogP contribution in [-0.2, 0) is 4.74 Å². The van der Waals surface area contributed by atoms with Crippen LogP contribution in [0, 0.1) is 11.6 Å². The molecule has 5 rings (SSSR count). The first-order valence-electron chi connectivity index (χ1n) is 11.5. The maximum absolute atomic E-state index is 16.1. The lowest BCUT2D eigenvalue weighted by molar-refractivity contribution is 0.0521. The fraction of sp³-hybridized carbons (Fsp3) is 0.250. The maximum atomic E-state index is 16.1. The number of para-hydroxylation sites is 2. The van der Waals surface area contributed by atoms with E-state index in [4.69, 9.17) is 4.74 Å². The molecule has 0 fully saturated rings. The molecule has 5 nitrogen and oxygen atoms in total. The number of ether oxygens (including phenoxy) is 1. The van der Waals surface area contributed by atoms with E-state index in [-0.39, 0.29) is 5.56 Å². The zero-order valence-electron chi connectivity index (χ0n) is 20.0. The van der Waals surface area contributed by atoms with Gasteiger partial charge in [-0.05, 0) is 43.5 Å². The summed E-state index contributed by atoms with van der Waals surface area (Å²) in [5.74, 6) is -1.84. The van der Waals surface area contributed by atoms with Gasteiger partial charge in [0.25, 0.3) is 0 Å². The Morgan fingerprint density at radius 2 is 1.80 bits per heavy atom. The van der Waals surface area contributed by atoms with Crippen LogP contribution in [0.5, 0.6) is 0 Å². The Hall–Kier alpha value is -3.87. The number of aromatic nitrogens is 1. The van der Waals surface area contributed by atoms with Crippen LogP contribution in [0.25, 0.3) is 22.0 Å². The highest BCUT2D eigenvalue weighted by Gasteiger charge is 2.45. The van der Waals surface area contributed by atoms with Gasteiger partial charge in [-0.2, -0.15) is 0 Å².